The number of carbonyl (C=O) groups excluding carboxylic acids is 2. The zero-order chi connectivity index (χ0) is 16.6. The average molecular weight is 320 g/mol. The van der Waals surface area contributed by atoms with Crippen molar-refractivity contribution in [3.05, 3.63) is 0 Å². The van der Waals surface area contributed by atoms with Crippen molar-refractivity contribution in [2.45, 2.75) is 71.0 Å². The number of fused-ring (bicyclic) bond motifs is 5. The summed E-state index contributed by atoms with van der Waals surface area (Å²) in [5.74, 6) is 0.306. The van der Waals surface area contributed by atoms with Gasteiger partial charge < -0.3 is 10.2 Å². The second-order valence-electron chi connectivity index (χ2n) is 9.08. The number of rotatable bonds is 0. The van der Waals surface area contributed by atoms with Crippen molar-refractivity contribution < 1.29 is 19.8 Å². The Morgan fingerprint density at radius 2 is 1.57 bits per heavy atom. The summed E-state index contributed by atoms with van der Waals surface area (Å²) in [6.07, 6.45) is 4.37. The first-order valence-electron chi connectivity index (χ1n) is 9.21. The van der Waals surface area contributed by atoms with Crippen molar-refractivity contribution in [3.8, 4) is 0 Å². The van der Waals surface area contributed by atoms with Gasteiger partial charge in [-0.2, -0.15) is 0 Å². The van der Waals surface area contributed by atoms with Crippen LogP contribution in [-0.2, 0) is 9.59 Å². The van der Waals surface area contributed by atoms with Gasteiger partial charge in [-0.05, 0) is 67.1 Å². The lowest BCUT2D eigenvalue weighted by molar-refractivity contribution is -0.169. The van der Waals surface area contributed by atoms with Crippen LogP contribution in [0.2, 0.25) is 0 Å². The van der Waals surface area contributed by atoms with Gasteiger partial charge in [0, 0.05) is 6.42 Å². The van der Waals surface area contributed by atoms with Crippen LogP contribution in [-0.4, -0.2) is 34.0 Å². The minimum Gasteiger partial charge on any atom is -0.393 e. The molecule has 0 aromatic heterocycles. The first kappa shape index (κ1) is 15.8. The minimum atomic E-state index is -0.948. The Bertz CT molecular complexity index is 558. The van der Waals surface area contributed by atoms with Gasteiger partial charge in [0.1, 0.15) is 11.9 Å². The zero-order valence-electron chi connectivity index (χ0n) is 14.1. The molecule has 0 saturated heterocycles. The van der Waals surface area contributed by atoms with Crippen molar-refractivity contribution in [1.82, 2.24) is 0 Å². The Labute approximate surface area is 137 Å². The summed E-state index contributed by atoms with van der Waals surface area (Å²) in [7, 11) is 0. The molecule has 4 heteroatoms. The van der Waals surface area contributed by atoms with Crippen LogP contribution in [0.3, 0.4) is 0 Å². The molecule has 2 N–H and O–H groups in total. The highest BCUT2D eigenvalue weighted by atomic mass is 16.3. The van der Waals surface area contributed by atoms with E-state index in [4.69, 9.17) is 0 Å². The molecule has 4 nitrogen and oxygen atoms in total. The number of hydrogen-bond acceptors (Lipinski definition) is 4. The minimum absolute atomic E-state index is 0.0446. The van der Waals surface area contributed by atoms with Crippen LogP contribution in [0, 0.1) is 34.5 Å². The lowest BCUT2D eigenvalue weighted by atomic mass is 9.44. The normalized spacial score (nSPS) is 56.0. The van der Waals surface area contributed by atoms with E-state index in [1.165, 1.54) is 0 Å². The van der Waals surface area contributed by atoms with Crippen molar-refractivity contribution in [2.24, 2.45) is 34.5 Å². The van der Waals surface area contributed by atoms with E-state index in [0.29, 0.717) is 30.6 Å². The van der Waals surface area contributed by atoms with Crippen molar-refractivity contribution >= 4 is 11.6 Å². The van der Waals surface area contributed by atoms with Crippen LogP contribution in [0.15, 0.2) is 0 Å². The van der Waals surface area contributed by atoms with E-state index >= 15 is 0 Å². The summed E-state index contributed by atoms with van der Waals surface area (Å²) < 4.78 is 0. The molecule has 128 valence electrons. The Morgan fingerprint density at radius 3 is 2.30 bits per heavy atom. The highest BCUT2D eigenvalue weighted by molar-refractivity contribution is 6.06. The Morgan fingerprint density at radius 1 is 0.913 bits per heavy atom. The van der Waals surface area contributed by atoms with E-state index in [1.807, 2.05) is 0 Å². The maximum Gasteiger partial charge on any atom is 0.172 e. The summed E-state index contributed by atoms with van der Waals surface area (Å²) in [5, 5.41) is 20.4. The molecule has 0 radical (unpaired) electrons. The van der Waals surface area contributed by atoms with E-state index in [9.17, 15) is 19.8 Å². The molecule has 0 heterocycles. The first-order chi connectivity index (χ1) is 10.8. The van der Waals surface area contributed by atoms with Crippen LogP contribution in [0.5, 0.6) is 0 Å². The van der Waals surface area contributed by atoms with Gasteiger partial charge in [-0.25, -0.2) is 0 Å². The molecule has 0 spiro atoms. The van der Waals surface area contributed by atoms with Crippen LogP contribution in [0.25, 0.3) is 0 Å². The monoisotopic (exact) mass is 320 g/mol. The van der Waals surface area contributed by atoms with E-state index < -0.39 is 12.0 Å². The van der Waals surface area contributed by atoms with Crippen LogP contribution >= 0.6 is 0 Å². The Kier molecular flexibility index (Phi) is 3.35. The van der Waals surface area contributed by atoms with E-state index in [0.717, 1.165) is 32.1 Å². The van der Waals surface area contributed by atoms with Crippen molar-refractivity contribution in [2.75, 3.05) is 0 Å². The number of Topliss-reactive ketones (excluding diaryl/α,β-unsaturated/α-hetero) is 2. The standard InChI is InChI=1S/C19H28O4/c1-18-7-5-12-10(11(18)3-4-15(18)22)9-14(21)16-17(23)13(20)6-8-19(12,16)2/h10-13,15-16,20,22H,3-9H2,1-2H3/t10-,11-,12-,13-,15-,16?,18-,19+/m0/s1. The van der Waals surface area contributed by atoms with Gasteiger partial charge in [0.25, 0.3) is 0 Å². The molecule has 0 bridgehead atoms. The fraction of sp³-hybridized carbons (Fsp3) is 0.895. The summed E-state index contributed by atoms with van der Waals surface area (Å²) in [6.45, 7) is 4.31. The molecular formula is C19H28O4. The molecule has 8 atom stereocenters. The number of ketones is 2. The average Bonchev–Trinajstić information content (AvgIpc) is 2.79. The first-order valence-corrected chi connectivity index (χ1v) is 9.21. The molecule has 4 aliphatic rings. The lowest BCUT2D eigenvalue weighted by Crippen LogP contribution is -2.60. The number of hydrogen-bond donors (Lipinski definition) is 2. The predicted molar refractivity (Wildman–Crippen MR) is 84.5 cm³/mol. The second kappa shape index (κ2) is 4.89. The third-order valence-electron chi connectivity index (χ3n) is 8.22. The van der Waals surface area contributed by atoms with Gasteiger partial charge in [0.15, 0.2) is 5.78 Å². The quantitative estimate of drug-likeness (QED) is 0.670. The molecule has 0 aliphatic heterocycles. The van der Waals surface area contributed by atoms with Gasteiger partial charge in [0.2, 0.25) is 0 Å². The molecule has 0 aromatic carbocycles. The molecule has 4 aliphatic carbocycles. The molecule has 0 aromatic rings. The van der Waals surface area contributed by atoms with Crippen molar-refractivity contribution in [3.63, 3.8) is 0 Å². The summed E-state index contributed by atoms with van der Waals surface area (Å²) in [6, 6.07) is 0. The SMILES string of the molecule is C[C@]12CC[C@H]3[C@@H](CC(=O)C4C(=O)[C@@H](O)CC[C@@]43C)[C@@H]1CC[C@@H]2O. The third kappa shape index (κ3) is 1.91. The maximum absolute atomic E-state index is 12.8. The molecule has 23 heavy (non-hydrogen) atoms. The van der Waals surface area contributed by atoms with Crippen LogP contribution < -0.4 is 0 Å². The summed E-state index contributed by atoms with van der Waals surface area (Å²) >= 11 is 0. The number of carbonyl (C=O) groups is 2. The van der Waals surface area contributed by atoms with Crippen molar-refractivity contribution in [1.29, 1.82) is 0 Å². The van der Waals surface area contributed by atoms with Gasteiger partial charge in [-0.15, -0.1) is 0 Å². The molecule has 0 amide bonds. The van der Waals surface area contributed by atoms with Gasteiger partial charge in [-0.1, -0.05) is 13.8 Å². The van der Waals surface area contributed by atoms with E-state index in [1.54, 1.807) is 0 Å². The van der Waals surface area contributed by atoms with Gasteiger partial charge in [0.05, 0.1) is 12.0 Å². The second-order valence-corrected chi connectivity index (χ2v) is 9.08. The van der Waals surface area contributed by atoms with Gasteiger partial charge >= 0.3 is 0 Å². The van der Waals surface area contributed by atoms with E-state index in [2.05, 4.69) is 13.8 Å². The van der Waals surface area contributed by atoms with E-state index in [-0.39, 0.29) is 28.5 Å². The predicted octanol–water partition coefficient (Wildman–Crippen LogP) is 2.11. The smallest absolute Gasteiger partial charge is 0.172 e. The lowest BCUT2D eigenvalue weighted by Gasteiger charge is -2.59. The fourth-order valence-electron chi connectivity index (χ4n) is 6.89. The van der Waals surface area contributed by atoms with Crippen LogP contribution in [0.1, 0.15) is 58.8 Å². The molecular weight excluding hydrogens is 292 g/mol. The Balaban J connectivity index is 1.71. The topological polar surface area (TPSA) is 74.6 Å². The Hall–Kier alpha value is -0.740. The molecule has 4 saturated carbocycles. The third-order valence-corrected chi connectivity index (χ3v) is 8.22. The molecule has 1 unspecified atom stereocenters. The largest absolute Gasteiger partial charge is 0.393 e. The van der Waals surface area contributed by atoms with Gasteiger partial charge in [-0.3, -0.25) is 9.59 Å². The van der Waals surface area contributed by atoms with Crippen LogP contribution in [0.4, 0.5) is 0 Å². The summed E-state index contributed by atoms with van der Waals surface area (Å²) in [4.78, 5) is 25.3. The molecule has 4 fully saturated rings. The molecule has 4 rings (SSSR count). The zero-order valence-corrected chi connectivity index (χ0v) is 14.1. The summed E-state index contributed by atoms with van der Waals surface area (Å²) in [5.41, 5.74) is -0.339. The highest BCUT2D eigenvalue weighted by Crippen LogP contribution is 2.65. The fourth-order valence-corrected chi connectivity index (χ4v) is 6.89. The highest BCUT2D eigenvalue weighted by Gasteiger charge is 2.63. The number of aliphatic hydroxyl groups is 2. The number of aliphatic hydroxyl groups excluding tert-OH is 2. The maximum atomic E-state index is 12.8.